The summed E-state index contributed by atoms with van der Waals surface area (Å²) in [7, 11) is -3.80. The molecule has 2 unspecified atom stereocenters. The lowest BCUT2D eigenvalue weighted by Crippen LogP contribution is -2.43. The van der Waals surface area contributed by atoms with Gasteiger partial charge < -0.3 is 5.32 Å². The molecule has 1 N–H and O–H groups in total. The van der Waals surface area contributed by atoms with Crippen molar-refractivity contribution >= 4 is 32.3 Å². The highest BCUT2D eigenvalue weighted by Crippen LogP contribution is 2.39. The van der Waals surface area contributed by atoms with Crippen LogP contribution in [0.5, 0.6) is 0 Å². The summed E-state index contributed by atoms with van der Waals surface area (Å²) in [4.78, 5) is 14.2. The van der Waals surface area contributed by atoms with Gasteiger partial charge in [-0.1, -0.05) is 6.92 Å². The van der Waals surface area contributed by atoms with Gasteiger partial charge >= 0.3 is 0 Å². The predicted octanol–water partition coefficient (Wildman–Crippen LogP) is 3.92. The summed E-state index contributed by atoms with van der Waals surface area (Å²) in [5.74, 6) is -0.711. The molecule has 0 spiro atoms. The number of sulfonamides is 1. The molecule has 2 aromatic rings. The largest absolute Gasteiger partial charge is 0.316 e. The minimum absolute atomic E-state index is 0.0155. The molecule has 1 saturated heterocycles. The average molecular weight is 462 g/mol. The maximum atomic E-state index is 13.2. The van der Waals surface area contributed by atoms with Gasteiger partial charge in [0.15, 0.2) is 0 Å². The second-order valence-electron chi connectivity index (χ2n) is 8.31. The lowest BCUT2D eigenvalue weighted by Gasteiger charge is -2.31. The lowest BCUT2D eigenvalue weighted by atomic mass is 9.88. The van der Waals surface area contributed by atoms with E-state index in [1.165, 1.54) is 27.8 Å². The number of carbonyl (C=O) groups is 1. The van der Waals surface area contributed by atoms with Crippen LogP contribution in [-0.2, 0) is 27.7 Å². The van der Waals surface area contributed by atoms with Crippen LogP contribution in [0.3, 0.4) is 0 Å². The monoisotopic (exact) mass is 461 g/mol. The number of piperidine rings is 1. The Labute approximate surface area is 185 Å². The lowest BCUT2D eigenvalue weighted by molar-refractivity contribution is -0.120. The molecule has 0 bridgehead atoms. The first-order valence-electron chi connectivity index (χ1n) is 10.4. The summed E-state index contributed by atoms with van der Waals surface area (Å²) in [6.45, 7) is 2.57. The SMILES string of the molecule is CC1CCc2c(sc(NC(=O)C3CCCN(S(=O)(=O)c4ccc(F)cc4)C3)c2C#N)C1. The summed E-state index contributed by atoms with van der Waals surface area (Å²) >= 11 is 1.47. The number of hydrogen-bond donors (Lipinski definition) is 1. The first-order chi connectivity index (χ1) is 14.8. The van der Waals surface area contributed by atoms with Gasteiger partial charge in [0.2, 0.25) is 15.9 Å². The van der Waals surface area contributed by atoms with Crippen LogP contribution in [0.15, 0.2) is 29.2 Å². The van der Waals surface area contributed by atoms with Gasteiger partial charge in [0.05, 0.1) is 16.4 Å². The van der Waals surface area contributed by atoms with E-state index in [2.05, 4.69) is 18.3 Å². The Morgan fingerprint density at radius 2 is 2.03 bits per heavy atom. The number of nitrogens with zero attached hydrogens (tertiary/aromatic N) is 2. The molecule has 31 heavy (non-hydrogen) atoms. The van der Waals surface area contributed by atoms with Crippen molar-refractivity contribution < 1.29 is 17.6 Å². The van der Waals surface area contributed by atoms with E-state index < -0.39 is 21.8 Å². The maximum Gasteiger partial charge on any atom is 0.243 e. The van der Waals surface area contributed by atoms with Crippen LogP contribution >= 0.6 is 11.3 Å². The van der Waals surface area contributed by atoms with Crippen molar-refractivity contribution in [3.63, 3.8) is 0 Å². The number of amides is 1. The molecule has 1 aromatic heterocycles. The fourth-order valence-electron chi connectivity index (χ4n) is 4.30. The molecular formula is C22H24FN3O3S2. The molecule has 6 nitrogen and oxygen atoms in total. The van der Waals surface area contributed by atoms with Gasteiger partial charge in [0, 0.05) is 18.0 Å². The maximum absolute atomic E-state index is 13.2. The molecule has 1 aliphatic carbocycles. The van der Waals surface area contributed by atoms with E-state index in [1.54, 1.807) is 0 Å². The number of carbonyl (C=O) groups excluding carboxylic acids is 1. The number of nitriles is 1. The van der Waals surface area contributed by atoms with Gasteiger partial charge in [-0.15, -0.1) is 11.3 Å². The standard InChI is InChI=1S/C22H24FN3O3S2/c1-14-4-9-18-19(12-24)22(30-20(18)11-14)25-21(27)15-3-2-10-26(13-15)31(28,29)17-7-5-16(23)6-8-17/h5-8,14-15H,2-4,9-11,13H2,1H3,(H,25,27). The highest BCUT2D eigenvalue weighted by molar-refractivity contribution is 7.89. The van der Waals surface area contributed by atoms with Gasteiger partial charge in [0.1, 0.15) is 16.9 Å². The van der Waals surface area contributed by atoms with Gasteiger partial charge in [-0.2, -0.15) is 9.57 Å². The van der Waals surface area contributed by atoms with Crippen molar-refractivity contribution in [2.45, 2.75) is 43.9 Å². The Balaban J connectivity index is 1.50. The van der Waals surface area contributed by atoms with Crippen LogP contribution < -0.4 is 5.32 Å². The summed E-state index contributed by atoms with van der Waals surface area (Å²) in [5, 5.41) is 13.1. The van der Waals surface area contributed by atoms with E-state index in [9.17, 15) is 22.9 Å². The highest BCUT2D eigenvalue weighted by Gasteiger charge is 2.34. The van der Waals surface area contributed by atoms with Crippen molar-refractivity contribution in [2.75, 3.05) is 18.4 Å². The molecule has 0 radical (unpaired) electrons. The number of fused-ring (bicyclic) bond motifs is 1. The number of thiophene rings is 1. The quantitative estimate of drug-likeness (QED) is 0.747. The van der Waals surface area contributed by atoms with Crippen LogP contribution in [0.1, 0.15) is 42.2 Å². The molecule has 2 heterocycles. The molecule has 2 atom stereocenters. The van der Waals surface area contributed by atoms with E-state index in [-0.39, 0.29) is 17.3 Å². The molecule has 1 amide bonds. The van der Waals surface area contributed by atoms with E-state index in [0.29, 0.717) is 35.9 Å². The fourth-order valence-corrected chi connectivity index (χ4v) is 7.19. The molecule has 4 rings (SSSR count). The Kier molecular flexibility index (Phi) is 6.15. The van der Waals surface area contributed by atoms with Crippen LogP contribution in [0.2, 0.25) is 0 Å². The summed E-state index contributed by atoms with van der Waals surface area (Å²) in [6, 6.07) is 6.96. The number of anilines is 1. The van der Waals surface area contributed by atoms with E-state index in [0.717, 1.165) is 41.8 Å². The zero-order valence-corrected chi connectivity index (χ0v) is 18.9. The van der Waals surface area contributed by atoms with Gasteiger partial charge in [-0.05, 0) is 67.9 Å². The van der Waals surface area contributed by atoms with Crippen LogP contribution in [0, 0.1) is 29.0 Å². The van der Waals surface area contributed by atoms with Gasteiger partial charge in [-0.3, -0.25) is 4.79 Å². The Bertz CT molecular complexity index is 1140. The van der Waals surface area contributed by atoms with Gasteiger partial charge in [0.25, 0.3) is 0 Å². The van der Waals surface area contributed by atoms with E-state index >= 15 is 0 Å². The predicted molar refractivity (Wildman–Crippen MR) is 117 cm³/mol. The number of benzene rings is 1. The smallest absolute Gasteiger partial charge is 0.243 e. The third-order valence-electron chi connectivity index (χ3n) is 6.07. The van der Waals surface area contributed by atoms with E-state index in [4.69, 9.17) is 0 Å². The first-order valence-corrected chi connectivity index (χ1v) is 12.7. The Hall–Kier alpha value is -2.28. The number of halogens is 1. The minimum Gasteiger partial charge on any atom is -0.316 e. The molecule has 9 heteroatoms. The number of hydrogen-bond acceptors (Lipinski definition) is 5. The number of nitrogens with one attached hydrogen (secondary N) is 1. The van der Waals surface area contributed by atoms with Gasteiger partial charge in [-0.25, -0.2) is 12.8 Å². The molecule has 164 valence electrons. The summed E-state index contributed by atoms with van der Waals surface area (Å²) in [5.41, 5.74) is 1.59. The topological polar surface area (TPSA) is 90.3 Å². The molecule has 1 aliphatic heterocycles. The molecular weight excluding hydrogens is 437 g/mol. The zero-order chi connectivity index (χ0) is 22.2. The van der Waals surface area contributed by atoms with E-state index in [1.807, 2.05) is 0 Å². The minimum atomic E-state index is -3.80. The van der Waals surface area contributed by atoms with Crippen LogP contribution in [0.25, 0.3) is 0 Å². The van der Waals surface area contributed by atoms with Crippen LogP contribution in [-0.4, -0.2) is 31.7 Å². The third kappa shape index (κ3) is 4.38. The highest BCUT2D eigenvalue weighted by atomic mass is 32.2. The molecule has 0 saturated carbocycles. The second-order valence-corrected chi connectivity index (χ2v) is 11.4. The van der Waals surface area contributed by atoms with Crippen molar-refractivity contribution in [3.8, 4) is 6.07 Å². The Morgan fingerprint density at radius 1 is 1.29 bits per heavy atom. The molecule has 1 aromatic carbocycles. The Morgan fingerprint density at radius 3 is 2.74 bits per heavy atom. The average Bonchev–Trinajstić information content (AvgIpc) is 3.10. The first kappa shape index (κ1) is 21.9. The van der Waals surface area contributed by atoms with Crippen molar-refractivity contribution in [2.24, 2.45) is 11.8 Å². The van der Waals surface area contributed by atoms with Crippen LogP contribution in [0.4, 0.5) is 9.39 Å². The van der Waals surface area contributed by atoms with Crippen molar-refractivity contribution in [1.82, 2.24) is 4.31 Å². The van der Waals surface area contributed by atoms with Crippen molar-refractivity contribution in [1.29, 1.82) is 5.26 Å². The summed E-state index contributed by atoms with van der Waals surface area (Å²) in [6.07, 6.45) is 3.93. The third-order valence-corrected chi connectivity index (χ3v) is 9.12. The molecule has 2 aliphatic rings. The molecule has 1 fully saturated rings. The normalized spacial score (nSPS) is 21.8. The fraction of sp³-hybridized carbons (Fsp3) is 0.455. The van der Waals surface area contributed by atoms with Crippen molar-refractivity contribution in [3.05, 3.63) is 46.1 Å². The second kappa shape index (κ2) is 8.69. The summed E-state index contributed by atoms with van der Waals surface area (Å²) < 4.78 is 40.3. The zero-order valence-electron chi connectivity index (χ0n) is 17.2. The number of rotatable bonds is 4.